The van der Waals surface area contributed by atoms with E-state index < -0.39 is 5.97 Å². The lowest BCUT2D eigenvalue weighted by Gasteiger charge is -1.99. The van der Waals surface area contributed by atoms with E-state index in [4.69, 9.17) is 0 Å². The Morgan fingerprint density at radius 1 is 1.00 bits per heavy atom. The molecule has 0 rings (SSSR count). The standard InChI is InChI=1S/C9H14O5/c1-13-6-8(11)5-7(10)3-4-9(12)14-2/h3-6H2,1-2H3. The lowest BCUT2D eigenvalue weighted by Crippen LogP contribution is -2.14. The first-order chi connectivity index (χ1) is 6.60. The van der Waals surface area contributed by atoms with E-state index in [1.54, 1.807) is 0 Å². The van der Waals surface area contributed by atoms with Crippen LogP contribution in [0.5, 0.6) is 0 Å². The Morgan fingerprint density at radius 3 is 2.14 bits per heavy atom. The van der Waals surface area contributed by atoms with Gasteiger partial charge in [0.05, 0.1) is 20.0 Å². The van der Waals surface area contributed by atoms with Crippen molar-refractivity contribution in [3.05, 3.63) is 0 Å². The van der Waals surface area contributed by atoms with Crippen LogP contribution in [0.3, 0.4) is 0 Å². The van der Waals surface area contributed by atoms with Crippen molar-refractivity contribution in [3.63, 3.8) is 0 Å². The maximum absolute atomic E-state index is 11.1. The van der Waals surface area contributed by atoms with Crippen LogP contribution < -0.4 is 0 Å². The first-order valence-corrected chi connectivity index (χ1v) is 4.19. The fourth-order valence-electron chi connectivity index (χ4n) is 0.864. The van der Waals surface area contributed by atoms with Gasteiger partial charge in [-0.1, -0.05) is 0 Å². The molecule has 0 aromatic carbocycles. The van der Waals surface area contributed by atoms with Crippen LogP contribution in [0.1, 0.15) is 19.3 Å². The van der Waals surface area contributed by atoms with Crippen molar-refractivity contribution >= 4 is 17.5 Å². The molecule has 80 valence electrons. The normalized spacial score (nSPS) is 9.57. The highest BCUT2D eigenvalue weighted by Gasteiger charge is 2.11. The molecule has 0 heterocycles. The number of hydrogen-bond acceptors (Lipinski definition) is 5. The molecule has 0 aliphatic carbocycles. The van der Waals surface area contributed by atoms with Crippen molar-refractivity contribution in [3.8, 4) is 0 Å². The summed E-state index contributed by atoms with van der Waals surface area (Å²) in [4.78, 5) is 32.6. The van der Waals surface area contributed by atoms with E-state index in [9.17, 15) is 14.4 Å². The number of ketones is 2. The Balaban J connectivity index is 3.65. The third-order valence-corrected chi connectivity index (χ3v) is 1.54. The third kappa shape index (κ3) is 6.30. The zero-order chi connectivity index (χ0) is 11.0. The summed E-state index contributed by atoms with van der Waals surface area (Å²) in [6.07, 6.45) is -0.109. The third-order valence-electron chi connectivity index (χ3n) is 1.54. The van der Waals surface area contributed by atoms with Gasteiger partial charge in [-0.2, -0.15) is 0 Å². The monoisotopic (exact) mass is 202 g/mol. The highest BCUT2D eigenvalue weighted by Crippen LogP contribution is 1.98. The number of carbonyl (C=O) groups is 3. The fraction of sp³-hybridized carbons (Fsp3) is 0.667. The molecule has 0 spiro atoms. The van der Waals surface area contributed by atoms with Gasteiger partial charge in [0.25, 0.3) is 0 Å². The van der Waals surface area contributed by atoms with Gasteiger partial charge in [-0.05, 0) is 0 Å². The van der Waals surface area contributed by atoms with Crippen molar-refractivity contribution < 1.29 is 23.9 Å². The predicted molar refractivity (Wildman–Crippen MR) is 47.8 cm³/mol. The topological polar surface area (TPSA) is 69.7 Å². The largest absolute Gasteiger partial charge is 0.469 e. The second-order valence-electron chi connectivity index (χ2n) is 2.76. The number of methoxy groups -OCH3 is 2. The summed E-state index contributed by atoms with van der Waals surface area (Å²) in [7, 11) is 2.64. The van der Waals surface area contributed by atoms with Crippen molar-refractivity contribution in [2.75, 3.05) is 20.8 Å². The van der Waals surface area contributed by atoms with Crippen LogP contribution in [0.2, 0.25) is 0 Å². The molecule has 5 nitrogen and oxygen atoms in total. The first kappa shape index (κ1) is 12.8. The molecular weight excluding hydrogens is 188 g/mol. The molecule has 0 aliphatic heterocycles. The minimum atomic E-state index is -0.447. The molecule has 0 saturated carbocycles. The number of ether oxygens (including phenoxy) is 2. The van der Waals surface area contributed by atoms with E-state index in [0.717, 1.165) is 0 Å². The Kier molecular flexibility index (Phi) is 6.57. The van der Waals surface area contributed by atoms with Gasteiger partial charge in [-0.3, -0.25) is 14.4 Å². The Bertz CT molecular complexity index is 221. The summed E-state index contributed by atoms with van der Waals surface area (Å²) < 4.78 is 8.91. The van der Waals surface area contributed by atoms with Crippen LogP contribution in [0, 0.1) is 0 Å². The van der Waals surface area contributed by atoms with Crippen molar-refractivity contribution in [2.24, 2.45) is 0 Å². The van der Waals surface area contributed by atoms with Crippen molar-refractivity contribution in [2.45, 2.75) is 19.3 Å². The van der Waals surface area contributed by atoms with Crippen LogP contribution in [0.4, 0.5) is 0 Å². The Morgan fingerprint density at radius 2 is 1.64 bits per heavy atom. The maximum Gasteiger partial charge on any atom is 0.305 e. The lowest BCUT2D eigenvalue weighted by atomic mass is 10.1. The minimum absolute atomic E-state index is 0.0234. The highest BCUT2D eigenvalue weighted by molar-refractivity contribution is 6.00. The molecular formula is C9H14O5. The molecule has 0 N–H and O–H groups in total. The van der Waals surface area contributed by atoms with E-state index in [1.807, 2.05) is 0 Å². The number of esters is 1. The van der Waals surface area contributed by atoms with Gasteiger partial charge in [-0.25, -0.2) is 0 Å². The molecule has 14 heavy (non-hydrogen) atoms. The Labute approximate surface area is 82.4 Å². The van der Waals surface area contributed by atoms with Crippen LogP contribution in [0.15, 0.2) is 0 Å². The van der Waals surface area contributed by atoms with E-state index >= 15 is 0 Å². The first-order valence-electron chi connectivity index (χ1n) is 4.19. The molecule has 5 heteroatoms. The van der Waals surface area contributed by atoms with E-state index in [-0.39, 0.29) is 37.4 Å². The molecule has 0 unspecified atom stereocenters. The molecule has 0 saturated heterocycles. The summed E-state index contributed by atoms with van der Waals surface area (Å²) in [6.45, 7) is -0.0655. The van der Waals surface area contributed by atoms with Crippen LogP contribution in [-0.4, -0.2) is 38.4 Å². The van der Waals surface area contributed by atoms with Crippen LogP contribution >= 0.6 is 0 Å². The average molecular weight is 202 g/mol. The summed E-state index contributed by atoms with van der Waals surface area (Å²) in [5.74, 6) is -0.989. The maximum atomic E-state index is 11.1. The quantitative estimate of drug-likeness (QED) is 0.433. The molecule has 0 radical (unpaired) electrons. The van der Waals surface area contributed by atoms with Crippen molar-refractivity contribution in [1.29, 1.82) is 0 Å². The molecule has 0 aromatic heterocycles. The molecule has 0 aliphatic rings. The molecule has 0 fully saturated rings. The second kappa shape index (κ2) is 7.20. The van der Waals surface area contributed by atoms with E-state index in [1.165, 1.54) is 14.2 Å². The summed E-state index contributed by atoms with van der Waals surface area (Å²) in [5.41, 5.74) is 0. The fourth-order valence-corrected chi connectivity index (χ4v) is 0.864. The van der Waals surface area contributed by atoms with Gasteiger partial charge < -0.3 is 9.47 Å². The van der Waals surface area contributed by atoms with E-state index in [0.29, 0.717) is 0 Å². The van der Waals surface area contributed by atoms with E-state index in [2.05, 4.69) is 9.47 Å². The lowest BCUT2D eigenvalue weighted by molar-refractivity contribution is -0.142. The molecule has 0 atom stereocenters. The van der Waals surface area contributed by atoms with Gasteiger partial charge in [0.1, 0.15) is 12.4 Å². The zero-order valence-corrected chi connectivity index (χ0v) is 8.37. The number of carbonyl (C=O) groups excluding carboxylic acids is 3. The molecule has 0 bridgehead atoms. The molecule has 0 amide bonds. The number of rotatable bonds is 7. The van der Waals surface area contributed by atoms with Gasteiger partial charge in [0.2, 0.25) is 0 Å². The summed E-state index contributed by atoms with van der Waals surface area (Å²) in [5, 5.41) is 0. The zero-order valence-electron chi connectivity index (χ0n) is 8.37. The summed E-state index contributed by atoms with van der Waals surface area (Å²) in [6, 6.07) is 0. The second-order valence-corrected chi connectivity index (χ2v) is 2.76. The predicted octanol–water partition coefficient (Wildman–Crippen LogP) is 0.114. The summed E-state index contributed by atoms with van der Waals surface area (Å²) >= 11 is 0. The molecule has 0 aromatic rings. The smallest absolute Gasteiger partial charge is 0.305 e. The Hall–Kier alpha value is -1.23. The van der Waals surface area contributed by atoms with Crippen LogP contribution in [-0.2, 0) is 23.9 Å². The number of hydrogen-bond donors (Lipinski definition) is 0. The highest BCUT2D eigenvalue weighted by atomic mass is 16.5. The minimum Gasteiger partial charge on any atom is -0.469 e. The van der Waals surface area contributed by atoms with Gasteiger partial charge in [-0.15, -0.1) is 0 Å². The average Bonchev–Trinajstić information content (AvgIpc) is 2.14. The SMILES string of the molecule is COCC(=O)CC(=O)CCC(=O)OC. The van der Waals surface area contributed by atoms with Gasteiger partial charge >= 0.3 is 5.97 Å². The van der Waals surface area contributed by atoms with Gasteiger partial charge in [0.15, 0.2) is 5.78 Å². The number of Topliss-reactive ketones (excluding diaryl/α,β-unsaturated/α-hetero) is 2. The van der Waals surface area contributed by atoms with Gasteiger partial charge in [0, 0.05) is 13.5 Å². The van der Waals surface area contributed by atoms with Crippen LogP contribution in [0.25, 0.3) is 0 Å². The van der Waals surface area contributed by atoms with Crippen molar-refractivity contribution in [1.82, 2.24) is 0 Å².